The summed E-state index contributed by atoms with van der Waals surface area (Å²) in [4.78, 5) is 31.5. The van der Waals surface area contributed by atoms with Crippen LogP contribution in [0.3, 0.4) is 0 Å². The second-order valence-electron chi connectivity index (χ2n) is 7.16. The number of morpholine rings is 1. The van der Waals surface area contributed by atoms with E-state index in [4.69, 9.17) is 4.74 Å². The van der Waals surface area contributed by atoms with Gasteiger partial charge in [0.05, 0.1) is 25.5 Å². The summed E-state index contributed by atoms with van der Waals surface area (Å²) in [7, 11) is 1.72. The van der Waals surface area contributed by atoms with Gasteiger partial charge >= 0.3 is 0 Å². The zero-order chi connectivity index (χ0) is 20.4. The van der Waals surface area contributed by atoms with E-state index in [9.17, 15) is 9.59 Å². The molecule has 1 N–H and O–H groups in total. The molecule has 3 aromatic rings. The van der Waals surface area contributed by atoms with Crippen molar-refractivity contribution in [3.8, 4) is 0 Å². The van der Waals surface area contributed by atoms with Crippen molar-refractivity contribution in [3.05, 3.63) is 52.7 Å². The summed E-state index contributed by atoms with van der Waals surface area (Å²) in [5.74, 6) is -0.248. The van der Waals surface area contributed by atoms with Gasteiger partial charge in [-0.3, -0.25) is 18.8 Å². The number of hydrogen-bond acceptors (Lipinski definition) is 6. The smallest absolute Gasteiger partial charge is 0.264 e. The number of aromatic nitrogens is 4. The molecule has 0 bridgehead atoms. The van der Waals surface area contributed by atoms with E-state index in [1.807, 2.05) is 19.1 Å². The van der Waals surface area contributed by atoms with Crippen LogP contribution < -0.4 is 15.8 Å². The Bertz CT molecular complexity index is 1070. The predicted octanol–water partition coefficient (Wildman–Crippen LogP) is 0.844. The Hall–Kier alpha value is -3.20. The number of anilines is 1. The van der Waals surface area contributed by atoms with Gasteiger partial charge in [0.15, 0.2) is 5.65 Å². The Morgan fingerprint density at radius 1 is 1.24 bits per heavy atom. The molecule has 0 radical (unpaired) electrons. The van der Waals surface area contributed by atoms with Gasteiger partial charge in [-0.05, 0) is 24.6 Å². The number of hydrogen-bond donors (Lipinski definition) is 1. The molecule has 9 heteroatoms. The molecular weight excluding hydrogens is 372 g/mol. The van der Waals surface area contributed by atoms with E-state index < -0.39 is 0 Å². The molecule has 1 saturated heterocycles. The lowest BCUT2D eigenvalue weighted by Gasteiger charge is -2.29. The molecule has 0 unspecified atom stereocenters. The van der Waals surface area contributed by atoms with Gasteiger partial charge in [-0.15, -0.1) is 0 Å². The molecule has 4 rings (SSSR count). The summed E-state index contributed by atoms with van der Waals surface area (Å²) < 4.78 is 8.22. The van der Waals surface area contributed by atoms with Crippen molar-refractivity contribution < 1.29 is 9.53 Å². The minimum Gasteiger partial charge on any atom is -0.378 e. The number of amides is 1. The van der Waals surface area contributed by atoms with Crippen LogP contribution in [0.5, 0.6) is 0 Å². The third kappa shape index (κ3) is 4.00. The van der Waals surface area contributed by atoms with E-state index in [0.717, 1.165) is 37.6 Å². The number of carbonyl (C=O) groups excluding carboxylic acids is 1. The van der Waals surface area contributed by atoms with Crippen LogP contribution in [-0.2, 0) is 23.1 Å². The van der Waals surface area contributed by atoms with Gasteiger partial charge in [-0.1, -0.05) is 12.1 Å². The van der Waals surface area contributed by atoms with Crippen LogP contribution in [0.2, 0.25) is 0 Å². The van der Waals surface area contributed by atoms with Crippen molar-refractivity contribution in [1.82, 2.24) is 24.6 Å². The Morgan fingerprint density at radius 2 is 1.97 bits per heavy atom. The SMILES string of the molecule is C[C@@H](NC(=O)Cn1cnc2c(cnn2C)c1=O)c1ccc(N2CCOCC2)cc1. The lowest BCUT2D eigenvalue weighted by molar-refractivity contribution is -0.122. The highest BCUT2D eigenvalue weighted by molar-refractivity contribution is 5.77. The van der Waals surface area contributed by atoms with Crippen molar-refractivity contribution in [3.63, 3.8) is 0 Å². The molecule has 1 amide bonds. The first-order chi connectivity index (χ1) is 14.0. The molecule has 2 aromatic heterocycles. The van der Waals surface area contributed by atoms with Crippen molar-refractivity contribution in [2.45, 2.75) is 19.5 Å². The second-order valence-corrected chi connectivity index (χ2v) is 7.16. The highest BCUT2D eigenvalue weighted by Gasteiger charge is 2.15. The molecule has 152 valence electrons. The van der Waals surface area contributed by atoms with Crippen LogP contribution in [0.4, 0.5) is 5.69 Å². The Kier molecular flexibility index (Phi) is 5.30. The number of nitrogens with one attached hydrogen (secondary N) is 1. The third-order valence-corrected chi connectivity index (χ3v) is 5.18. The highest BCUT2D eigenvalue weighted by atomic mass is 16.5. The van der Waals surface area contributed by atoms with E-state index in [1.165, 1.54) is 21.8 Å². The van der Waals surface area contributed by atoms with Gasteiger partial charge in [0.1, 0.15) is 18.3 Å². The van der Waals surface area contributed by atoms with Crippen LogP contribution in [0, 0.1) is 0 Å². The number of carbonyl (C=O) groups is 1. The highest BCUT2D eigenvalue weighted by Crippen LogP contribution is 2.20. The standard InChI is InChI=1S/C20H24N6O3/c1-14(15-3-5-16(6-4-15)25-7-9-29-10-8-25)23-18(27)12-26-13-21-19-17(20(26)28)11-22-24(19)2/h3-6,11,13-14H,7-10,12H2,1-2H3,(H,23,27)/t14-/m1/s1. The zero-order valence-corrected chi connectivity index (χ0v) is 16.5. The van der Waals surface area contributed by atoms with Gasteiger partial charge in [0, 0.05) is 25.8 Å². The summed E-state index contributed by atoms with van der Waals surface area (Å²) >= 11 is 0. The van der Waals surface area contributed by atoms with Gasteiger partial charge in [0.2, 0.25) is 5.91 Å². The lowest BCUT2D eigenvalue weighted by atomic mass is 10.1. The van der Waals surface area contributed by atoms with Gasteiger partial charge in [0.25, 0.3) is 5.56 Å². The van der Waals surface area contributed by atoms with Crippen LogP contribution in [0.15, 0.2) is 41.6 Å². The number of fused-ring (bicyclic) bond motifs is 1. The summed E-state index contributed by atoms with van der Waals surface area (Å²) in [6.45, 7) is 5.09. The van der Waals surface area contributed by atoms with E-state index in [-0.39, 0.29) is 24.1 Å². The first kappa shape index (κ1) is 19.1. The second kappa shape index (κ2) is 8.04. The first-order valence-electron chi connectivity index (χ1n) is 9.62. The van der Waals surface area contributed by atoms with E-state index >= 15 is 0 Å². The number of aryl methyl sites for hydroxylation is 1. The molecule has 1 aliphatic rings. The summed E-state index contributed by atoms with van der Waals surface area (Å²) in [5.41, 5.74) is 2.38. The molecule has 0 spiro atoms. The van der Waals surface area contributed by atoms with E-state index in [2.05, 4.69) is 32.4 Å². The fourth-order valence-electron chi connectivity index (χ4n) is 3.50. The Balaban J connectivity index is 1.40. The van der Waals surface area contributed by atoms with Crippen molar-refractivity contribution >= 4 is 22.6 Å². The number of nitrogens with zero attached hydrogens (tertiary/aromatic N) is 5. The topological polar surface area (TPSA) is 94.3 Å². The maximum absolute atomic E-state index is 12.5. The molecule has 9 nitrogen and oxygen atoms in total. The molecular formula is C20H24N6O3. The zero-order valence-electron chi connectivity index (χ0n) is 16.5. The van der Waals surface area contributed by atoms with Gasteiger partial charge in [-0.2, -0.15) is 5.10 Å². The van der Waals surface area contributed by atoms with Gasteiger partial charge in [-0.25, -0.2) is 4.98 Å². The van der Waals surface area contributed by atoms with Crippen molar-refractivity contribution in [2.75, 3.05) is 31.2 Å². The molecule has 1 atom stereocenters. The van der Waals surface area contributed by atoms with Crippen molar-refractivity contribution in [2.24, 2.45) is 7.05 Å². The first-order valence-corrected chi connectivity index (χ1v) is 9.62. The number of rotatable bonds is 5. The van der Waals surface area contributed by atoms with Gasteiger partial charge < -0.3 is 15.0 Å². The minimum atomic E-state index is -0.277. The average molecular weight is 396 g/mol. The molecule has 1 aromatic carbocycles. The fraction of sp³-hybridized carbons (Fsp3) is 0.400. The normalized spacial score (nSPS) is 15.4. The molecule has 0 aliphatic carbocycles. The molecule has 0 saturated carbocycles. The summed E-state index contributed by atoms with van der Waals surface area (Å²) in [5, 5.41) is 7.38. The number of ether oxygens (including phenoxy) is 1. The molecule has 3 heterocycles. The number of benzene rings is 1. The Labute approximate surface area is 167 Å². The van der Waals surface area contributed by atoms with E-state index in [1.54, 1.807) is 7.05 Å². The van der Waals surface area contributed by atoms with Crippen LogP contribution in [0.25, 0.3) is 11.0 Å². The van der Waals surface area contributed by atoms with Crippen LogP contribution >= 0.6 is 0 Å². The predicted molar refractivity (Wildman–Crippen MR) is 109 cm³/mol. The maximum atomic E-state index is 12.5. The summed E-state index contributed by atoms with van der Waals surface area (Å²) in [6.07, 6.45) is 2.85. The maximum Gasteiger partial charge on any atom is 0.264 e. The summed E-state index contributed by atoms with van der Waals surface area (Å²) in [6, 6.07) is 7.99. The third-order valence-electron chi connectivity index (χ3n) is 5.18. The Morgan fingerprint density at radius 3 is 2.69 bits per heavy atom. The molecule has 1 fully saturated rings. The van der Waals surface area contributed by atoms with Crippen LogP contribution in [0.1, 0.15) is 18.5 Å². The fourth-order valence-corrected chi connectivity index (χ4v) is 3.50. The molecule has 1 aliphatic heterocycles. The monoisotopic (exact) mass is 396 g/mol. The molecule has 29 heavy (non-hydrogen) atoms. The van der Waals surface area contributed by atoms with E-state index in [0.29, 0.717) is 11.0 Å². The minimum absolute atomic E-state index is 0.0904. The lowest BCUT2D eigenvalue weighted by Crippen LogP contribution is -2.36. The van der Waals surface area contributed by atoms with Crippen molar-refractivity contribution in [1.29, 1.82) is 0 Å². The average Bonchev–Trinajstić information content (AvgIpc) is 3.12. The largest absolute Gasteiger partial charge is 0.378 e. The van der Waals surface area contributed by atoms with Crippen LogP contribution in [-0.4, -0.2) is 51.5 Å². The quantitative estimate of drug-likeness (QED) is 0.687.